The molecule has 1 aromatic heterocycles. The van der Waals surface area contributed by atoms with E-state index in [2.05, 4.69) is 110 Å². The molecule has 2 aliphatic rings. The van der Waals surface area contributed by atoms with Crippen LogP contribution in [0.25, 0.3) is 21.8 Å². The van der Waals surface area contributed by atoms with Gasteiger partial charge < -0.3 is 23.2 Å². The molecular formula is C36H55B2NO4. The maximum atomic E-state index is 6.46. The molecule has 2 saturated heterocycles. The normalized spacial score (nSPS) is 21.3. The molecular weight excluding hydrogens is 532 g/mol. The summed E-state index contributed by atoms with van der Waals surface area (Å²) in [5, 5.41) is 2.53. The van der Waals surface area contributed by atoms with Crippen LogP contribution in [0.5, 0.6) is 0 Å². The molecule has 0 amide bonds. The fraction of sp³-hybridized carbons (Fsp3) is 0.667. The lowest BCUT2D eigenvalue weighted by atomic mass is 9.78. The Morgan fingerprint density at radius 2 is 0.953 bits per heavy atom. The first-order chi connectivity index (χ1) is 20.2. The quantitative estimate of drug-likeness (QED) is 0.158. The van der Waals surface area contributed by atoms with Gasteiger partial charge in [-0.1, -0.05) is 82.6 Å². The maximum Gasteiger partial charge on any atom is 0.494 e. The van der Waals surface area contributed by atoms with Crippen LogP contribution in [0.15, 0.2) is 36.4 Å². The van der Waals surface area contributed by atoms with Crippen molar-refractivity contribution in [1.82, 2.24) is 4.57 Å². The Hall–Kier alpha value is -1.79. The molecule has 2 aliphatic heterocycles. The van der Waals surface area contributed by atoms with Crippen LogP contribution in [0.3, 0.4) is 0 Å². The zero-order valence-electron chi connectivity index (χ0n) is 28.6. The summed E-state index contributed by atoms with van der Waals surface area (Å²) >= 11 is 0. The third kappa shape index (κ3) is 6.34. The highest BCUT2D eigenvalue weighted by Gasteiger charge is 2.53. The minimum atomic E-state index is -0.385. The molecule has 3 aromatic rings. The molecule has 43 heavy (non-hydrogen) atoms. The Labute approximate surface area is 261 Å². The van der Waals surface area contributed by atoms with Gasteiger partial charge in [0.2, 0.25) is 0 Å². The van der Waals surface area contributed by atoms with E-state index in [-0.39, 0.29) is 36.6 Å². The highest BCUT2D eigenvalue weighted by atomic mass is 16.7. The van der Waals surface area contributed by atoms with Crippen molar-refractivity contribution in [2.45, 2.75) is 155 Å². The summed E-state index contributed by atoms with van der Waals surface area (Å²) in [6, 6.07) is 13.8. The van der Waals surface area contributed by atoms with E-state index < -0.39 is 0 Å². The van der Waals surface area contributed by atoms with E-state index in [4.69, 9.17) is 18.6 Å². The van der Waals surface area contributed by atoms with E-state index in [9.17, 15) is 0 Å². The zero-order chi connectivity index (χ0) is 31.2. The SMILES string of the molecule is CCCCCCCCCCC(C)n1c2cc(B3OC(C)(C)C(C)(C)O3)ccc2c2ccc(B3OC(C)(C)C(C)(C)O3)cc21. The van der Waals surface area contributed by atoms with Gasteiger partial charge in [0.15, 0.2) is 0 Å². The van der Waals surface area contributed by atoms with Gasteiger partial charge in [-0.2, -0.15) is 0 Å². The second-order valence-electron chi connectivity index (χ2n) is 15.2. The molecule has 5 nitrogen and oxygen atoms in total. The van der Waals surface area contributed by atoms with Gasteiger partial charge in [0.25, 0.3) is 0 Å². The maximum absolute atomic E-state index is 6.46. The number of rotatable bonds is 12. The lowest BCUT2D eigenvalue weighted by Crippen LogP contribution is -2.41. The highest BCUT2D eigenvalue weighted by molar-refractivity contribution is 6.63. The van der Waals surface area contributed by atoms with E-state index in [0.717, 1.165) is 17.3 Å². The minimum Gasteiger partial charge on any atom is -0.399 e. The van der Waals surface area contributed by atoms with Crippen LogP contribution < -0.4 is 10.9 Å². The van der Waals surface area contributed by atoms with Crippen molar-refractivity contribution in [3.63, 3.8) is 0 Å². The molecule has 3 heterocycles. The first-order valence-corrected chi connectivity index (χ1v) is 17.0. The first-order valence-electron chi connectivity index (χ1n) is 17.0. The fourth-order valence-electron chi connectivity index (χ4n) is 6.51. The Morgan fingerprint density at radius 3 is 1.35 bits per heavy atom. The Kier molecular flexibility index (Phi) is 9.24. The summed E-state index contributed by atoms with van der Waals surface area (Å²) in [7, 11) is -0.770. The number of benzene rings is 2. The van der Waals surface area contributed by atoms with Gasteiger partial charge in [-0.3, -0.25) is 0 Å². The van der Waals surface area contributed by atoms with Gasteiger partial charge in [-0.25, -0.2) is 0 Å². The van der Waals surface area contributed by atoms with Gasteiger partial charge in [0, 0.05) is 27.8 Å². The second-order valence-corrected chi connectivity index (χ2v) is 15.2. The molecule has 0 bridgehead atoms. The topological polar surface area (TPSA) is 41.9 Å². The number of nitrogens with zero attached hydrogens (tertiary/aromatic N) is 1. The molecule has 0 N–H and O–H groups in total. The number of hydrogen-bond donors (Lipinski definition) is 0. The van der Waals surface area contributed by atoms with Crippen molar-refractivity contribution in [2.75, 3.05) is 0 Å². The van der Waals surface area contributed by atoms with Gasteiger partial charge in [-0.05, 0) is 91.8 Å². The third-order valence-corrected chi connectivity index (χ3v) is 10.8. The van der Waals surface area contributed by atoms with Gasteiger partial charge in [0.05, 0.1) is 22.4 Å². The third-order valence-electron chi connectivity index (χ3n) is 10.8. The van der Waals surface area contributed by atoms with Gasteiger partial charge >= 0.3 is 14.2 Å². The molecule has 2 fully saturated rings. The smallest absolute Gasteiger partial charge is 0.399 e. The molecule has 0 saturated carbocycles. The van der Waals surface area contributed by atoms with E-state index in [0.29, 0.717) is 6.04 Å². The molecule has 0 spiro atoms. The molecule has 1 atom stereocenters. The number of aromatic nitrogens is 1. The Balaban J connectivity index is 1.47. The first kappa shape index (κ1) is 32.6. The van der Waals surface area contributed by atoms with Gasteiger partial charge in [-0.15, -0.1) is 0 Å². The van der Waals surface area contributed by atoms with Crippen LogP contribution in [-0.4, -0.2) is 41.2 Å². The monoisotopic (exact) mass is 587 g/mol. The number of fused-ring (bicyclic) bond motifs is 3. The van der Waals surface area contributed by atoms with Crippen LogP contribution in [0.4, 0.5) is 0 Å². The van der Waals surface area contributed by atoms with Crippen molar-refractivity contribution in [1.29, 1.82) is 0 Å². The van der Waals surface area contributed by atoms with Crippen molar-refractivity contribution < 1.29 is 18.6 Å². The lowest BCUT2D eigenvalue weighted by Gasteiger charge is -2.32. The Morgan fingerprint density at radius 1 is 0.581 bits per heavy atom. The minimum absolute atomic E-state index is 0.349. The summed E-state index contributed by atoms with van der Waals surface area (Å²) in [5.74, 6) is 0. The van der Waals surface area contributed by atoms with Crippen molar-refractivity contribution in [3.8, 4) is 0 Å². The van der Waals surface area contributed by atoms with E-state index in [1.807, 2.05) is 0 Å². The molecule has 234 valence electrons. The molecule has 5 rings (SSSR count). The highest BCUT2D eigenvalue weighted by Crippen LogP contribution is 2.39. The summed E-state index contributed by atoms with van der Waals surface area (Å²) in [4.78, 5) is 0. The summed E-state index contributed by atoms with van der Waals surface area (Å²) in [6.45, 7) is 21.6. The average Bonchev–Trinajstić information content (AvgIpc) is 3.46. The zero-order valence-corrected chi connectivity index (χ0v) is 28.6. The largest absolute Gasteiger partial charge is 0.494 e. The molecule has 2 aromatic carbocycles. The summed E-state index contributed by atoms with van der Waals surface area (Å²) < 4.78 is 28.4. The summed E-state index contributed by atoms with van der Waals surface area (Å²) in [6.07, 6.45) is 11.8. The molecule has 0 aliphatic carbocycles. The predicted octanol–water partition coefficient (Wildman–Crippen LogP) is 8.48. The Bertz CT molecular complexity index is 1300. The van der Waals surface area contributed by atoms with E-state index in [1.165, 1.54) is 73.2 Å². The van der Waals surface area contributed by atoms with Crippen LogP contribution in [0.1, 0.15) is 133 Å². The van der Waals surface area contributed by atoms with Crippen LogP contribution in [0, 0.1) is 0 Å². The molecule has 0 radical (unpaired) electrons. The predicted molar refractivity (Wildman–Crippen MR) is 183 cm³/mol. The van der Waals surface area contributed by atoms with Crippen LogP contribution in [0.2, 0.25) is 0 Å². The van der Waals surface area contributed by atoms with Crippen molar-refractivity contribution in [2.24, 2.45) is 0 Å². The summed E-state index contributed by atoms with van der Waals surface area (Å²) in [5.41, 5.74) is 3.12. The lowest BCUT2D eigenvalue weighted by molar-refractivity contribution is 0.00578. The van der Waals surface area contributed by atoms with Crippen molar-refractivity contribution in [3.05, 3.63) is 36.4 Å². The second kappa shape index (κ2) is 12.2. The molecule has 7 heteroatoms. The van der Waals surface area contributed by atoms with E-state index in [1.54, 1.807) is 0 Å². The average molecular weight is 587 g/mol. The van der Waals surface area contributed by atoms with E-state index >= 15 is 0 Å². The fourth-order valence-corrected chi connectivity index (χ4v) is 6.51. The van der Waals surface area contributed by atoms with Crippen molar-refractivity contribution >= 4 is 47.0 Å². The van der Waals surface area contributed by atoms with Crippen LogP contribution >= 0.6 is 0 Å². The number of unbranched alkanes of at least 4 members (excludes halogenated alkanes) is 7. The standard InChI is InChI=1S/C36H55B2NO4/c1-11-12-13-14-15-16-17-18-19-26(2)39-31-24-27(37-40-33(3,4)34(5,6)41-37)20-22-29(31)30-23-21-28(25-32(30)39)38-42-35(7,8)36(9,10)43-38/h20-26H,11-19H2,1-10H3. The van der Waals surface area contributed by atoms with Crippen LogP contribution in [-0.2, 0) is 18.6 Å². The molecule has 1 unspecified atom stereocenters. The van der Waals surface area contributed by atoms with Gasteiger partial charge in [0.1, 0.15) is 0 Å². The number of hydrogen-bond acceptors (Lipinski definition) is 4.